The van der Waals surface area contributed by atoms with Crippen molar-refractivity contribution in [2.45, 2.75) is 31.7 Å². The number of rotatable bonds is 6. The highest BCUT2D eigenvalue weighted by Gasteiger charge is 2.12. The van der Waals surface area contributed by atoms with Gasteiger partial charge in [-0.05, 0) is 41.5 Å². The highest BCUT2D eigenvalue weighted by Crippen LogP contribution is 2.22. The third-order valence-corrected chi connectivity index (χ3v) is 4.85. The fraction of sp³-hybridized carbons (Fsp3) is 0.381. The maximum atomic E-state index is 9.66. The molecule has 1 atom stereocenters. The third kappa shape index (κ3) is 4.60. The van der Waals surface area contributed by atoms with Crippen molar-refractivity contribution >= 4 is 5.96 Å². The van der Waals surface area contributed by atoms with Crippen molar-refractivity contribution in [2.24, 2.45) is 4.99 Å². The van der Waals surface area contributed by atoms with Crippen LogP contribution in [0.15, 0.2) is 53.5 Å². The molecule has 0 aromatic heterocycles. The molecule has 3 rings (SSSR count). The van der Waals surface area contributed by atoms with Crippen LogP contribution in [0.4, 0.5) is 0 Å². The number of nitrogens with one attached hydrogen (secondary N) is 2. The van der Waals surface area contributed by atoms with Gasteiger partial charge in [-0.1, -0.05) is 48.5 Å². The number of guanidine groups is 1. The summed E-state index contributed by atoms with van der Waals surface area (Å²) in [6.07, 6.45) is 3.69. The number of hydrogen-bond acceptors (Lipinski definition) is 2. The lowest BCUT2D eigenvalue weighted by molar-refractivity contribution is 0.265. The Bertz CT molecular complexity index is 712. The molecule has 0 radical (unpaired) electrons. The summed E-state index contributed by atoms with van der Waals surface area (Å²) in [5.41, 5.74) is 5.41. The molecular formula is C21H27N3O. The maximum Gasteiger partial charge on any atom is 0.191 e. The minimum atomic E-state index is 0.0553. The van der Waals surface area contributed by atoms with Crippen molar-refractivity contribution in [3.05, 3.63) is 70.8 Å². The standard InChI is InChI=1S/C21H27N3O/c1-22-21(24-14-20(15-25)17-6-3-2-4-7-17)23-13-16-10-11-18-8-5-9-19(18)12-16/h2-4,6-7,10-12,20,25H,5,8-9,13-15H2,1H3,(H2,22,23,24). The number of aliphatic hydroxyl groups is 1. The molecule has 132 valence electrons. The second-order valence-electron chi connectivity index (χ2n) is 6.55. The average Bonchev–Trinajstić information content (AvgIpc) is 3.13. The average molecular weight is 337 g/mol. The summed E-state index contributed by atoms with van der Waals surface area (Å²) in [7, 11) is 1.77. The van der Waals surface area contributed by atoms with Crippen LogP contribution in [-0.2, 0) is 19.4 Å². The van der Waals surface area contributed by atoms with Crippen LogP contribution in [0.25, 0.3) is 0 Å². The van der Waals surface area contributed by atoms with Crippen LogP contribution >= 0.6 is 0 Å². The molecule has 2 aromatic rings. The Hall–Kier alpha value is -2.33. The molecule has 0 aliphatic heterocycles. The van der Waals surface area contributed by atoms with Crippen LogP contribution < -0.4 is 10.6 Å². The van der Waals surface area contributed by atoms with Crippen molar-refractivity contribution in [1.82, 2.24) is 10.6 Å². The largest absolute Gasteiger partial charge is 0.396 e. The lowest BCUT2D eigenvalue weighted by Crippen LogP contribution is -2.39. The van der Waals surface area contributed by atoms with Crippen LogP contribution in [0.3, 0.4) is 0 Å². The Labute approximate surface area is 150 Å². The van der Waals surface area contributed by atoms with Gasteiger partial charge in [-0.25, -0.2) is 0 Å². The maximum absolute atomic E-state index is 9.66. The molecule has 0 saturated carbocycles. The molecule has 1 aliphatic carbocycles. The molecule has 4 nitrogen and oxygen atoms in total. The van der Waals surface area contributed by atoms with Gasteiger partial charge in [-0.15, -0.1) is 0 Å². The van der Waals surface area contributed by atoms with Crippen LogP contribution in [0.1, 0.15) is 34.6 Å². The molecule has 0 saturated heterocycles. The first-order chi connectivity index (χ1) is 12.3. The molecule has 0 amide bonds. The van der Waals surface area contributed by atoms with E-state index in [0.717, 1.165) is 18.1 Å². The van der Waals surface area contributed by atoms with Crippen molar-refractivity contribution in [3.8, 4) is 0 Å². The van der Waals surface area contributed by atoms with Gasteiger partial charge in [0.15, 0.2) is 5.96 Å². The van der Waals surface area contributed by atoms with E-state index in [1.807, 2.05) is 30.3 Å². The van der Waals surface area contributed by atoms with Gasteiger partial charge in [0.1, 0.15) is 0 Å². The van der Waals surface area contributed by atoms with E-state index >= 15 is 0 Å². The summed E-state index contributed by atoms with van der Waals surface area (Å²) in [6.45, 7) is 1.51. The first-order valence-electron chi connectivity index (χ1n) is 9.01. The van der Waals surface area contributed by atoms with Gasteiger partial charge in [0.25, 0.3) is 0 Å². The van der Waals surface area contributed by atoms with Crippen molar-refractivity contribution in [3.63, 3.8) is 0 Å². The van der Waals surface area contributed by atoms with E-state index in [2.05, 4.69) is 33.8 Å². The van der Waals surface area contributed by atoms with Crippen LogP contribution in [-0.4, -0.2) is 31.3 Å². The summed E-state index contributed by atoms with van der Waals surface area (Å²) >= 11 is 0. The molecule has 4 heteroatoms. The van der Waals surface area contributed by atoms with Gasteiger partial charge >= 0.3 is 0 Å². The van der Waals surface area contributed by atoms with E-state index in [9.17, 15) is 5.11 Å². The second-order valence-corrected chi connectivity index (χ2v) is 6.55. The smallest absolute Gasteiger partial charge is 0.191 e. The highest BCUT2D eigenvalue weighted by molar-refractivity contribution is 5.79. The fourth-order valence-corrected chi connectivity index (χ4v) is 3.37. The molecule has 0 fully saturated rings. The van der Waals surface area contributed by atoms with Gasteiger partial charge in [0.05, 0.1) is 6.61 Å². The zero-order valence-electron chi connectivity index (χ0n) is 14.8. The van der Waals surface area contributed by atoms with Crippen molar-refractivity contribution in [2.75, 3.05) is 20.2 Å². The SMILES string of the molecule is CN=C(NCc1ccc2c(c1)CCC2)NCC(CO)c1ccccc1. The lowest BCUT2D eigenvalue weighted by atomic mass is 10.0. The second kappa shape index (κ2) is 8.67. The van der Waals surface area contributed by atoms with Gasteiger partial charge in [-0.2, -0.15) is 0 Å². The quantitative estimate of drug-likeness (QED) is 0.561. The van der Waals surface area contributed by atoms with E-state index in [4.69, 9.17) is 0 Å². The normalized spacial score (nSPS) is 14.9. The molecule has 0 bridgehead atoms. The molecule has 1 aliphatic rings. The summed E-state index contributed by atoms with van der Waals surface area (Å²) < 4.78 is 0. The Morgan fingerprint density at radius 3 is 2.64 bits per heavy atom. The monoisotopic (exact) mass is 337 g/mol. The molecule has 25 heavy (non-hydrogen) atoms. The Balaban J connectivity index is 1.53. The minimum absolute atomic E-state index is 0.0553. The van der Waals surface area contributed by atoms with E-state index in [1.54, 1.807) is 7.05 Å². The number of hydrogen-bond donors (Lipinski definition) is 3. The number of benzene rings is 2. The number of aliphatic hydroxyl groups excluding tert-OH is 1. The predicted molar refractivity (Wildman–Crippen MR) is 103 cm³/mol. The van der Waals surface area contributed by atoms with Crippen molar-refractivity contribution < 1.29 is 5.11 Å². The van der Waals surface area contributed by atoms with E-state index in [1.165, 1.54) is 36.0 Å². The summed E-state index contributed by atoms with van der Waals surface area (Å²) in [6, 6.07) is 16.8. The number of aryl methyl sites for hydroxylation is 2. The van der Waals surface area contributed by atoms with Gasteiger partial charge < -0.3 is 15.7 Å². The van der Waals surface area contributed by atoms with Crippen molar-refractivity contribution in [1.29, 1.82) is 0 Å². The summed E-state index contributed by atoms with van der Waals surface area (Å²) in [4.78, 5) is 4.29. The molecule has 0 spiro atoms. The zero-order chi connectivity index (χ0) is 17.5. The van der Waals surface area contributed by atoms with E-state index in [-0.39, 0.29) is 12.5 Å². The minimum Gasteiger partial charge on any atom is -0.396 e. The molecule has 1 unspecified atom stereocenters. The Morgan fingerprint density at radius 1 is 1.08 bits per heavy atom. The summed E-state index contributed by atoms with van der Waals surface area (Å²) in [5.74, 6) is 0.814. The highest BCUT2D eigenvalue weighted by atomic mass is 16.3. The molecular weight excluding hydrogens is 310 g/mol. The van der Waals surface area contributed by atoms with E-state index in [0.29, 0.717) is 6.54 Å². The number of fused-ring (bicyclic) bond motifs is 1. The molecule has 2 aromatic carbocycles. The van der Waals surface area contributed by atoms with Gasteiger partial charge in [0.2, 0.25) is 0 Å². The summed E-state index contributed by atoms with van der Waals surface area (Å²) in [5, 5.41) is 16.3. The van der Waals surface area contributed by atoms with Crippen LogP contribution in [0.5, 0.6) is 0 Å². The van der Waals surface area contributed by atoms with Crippen LogP contribution in [0, 0.1) is 0 Å². The topological polar surface area (TPSA) is 56.7 Å². The third-order valence-electron chi connectivity index (χ3n) is 4.85. The van der Waals surface area contributed by atoms with Crippen LogP contribution in [0.2, 0.25) is 0 Å². The fourth-order valence-electron chi connectivity index (χ4n) is 3.37. The zero-order valence-corrected chi connectivity index (χ0v) is 14.8. The number of nitrogens with zero attached hydrogens (tertiary/aromatic N) is 1. The first-order valence-corrected chi connectivity index (χ1v) is 9.01. The van der Waals surface area contributed by atoms with Gasteiger partial charge in [-0.3, -0.25) is 4.99 Å². The Kier molecular flexibility index (Phi) is 6.07. The lowest BCUT2D eigenvalue weighted by Gasteiger charge is -2.18. The van der Waals surface area contributed by atoms with Gasteiger partial charge in [0, 0.05) is 26.1 Å². The van der Waals surface area contributed by atoms with E-state index < -0.39 is 0 Å². The first kappa shape index (κ1) is 17.5. The molecule has 3 N–H and O–H groups in total. The number of aliphatic imine (C=N–C) groups is 1. The Morgan fingerprint density at radius 2 is 1.88 bits per heavy atom. The molecule has 0 heterocycles. The predicted octanol–water partition coefficient (Wildman–Crippen LogP) is 2.62.